The highest BCUT2D eigenvalue weighted by atomic mass is 35.5. The van der Waals surface area contributed by atoms with Crippen LogP contribution >= 0.6 is 11.6 Å². The number of halogens is 1. The van der Waals surface area contributed by atoms with Crippen LogP contribution in [0, 0.1) is 0 Å². The van der Waals surface area contributed by atoms with Crippen LogP contribution in [-0.2, 0) is 19.4 Å². The van der Waals surface area contributed by atoms with Crippen LogP contribution in [0.3, 0.4) is 0 Å². The van der Waals surface area contributed by atoms with E-state index in [1.54, 1.807) is 0 Å². The minimum Gasteiger partial charge on any atom is -0.380 e. The summed E-state index contributed by atoms with van der Waals surface area (Å²) in [5, 5.41) is 7.83. The van der Waals surface area contributed by atoms with Crippen LogP contribution in [0.25, 0.3) is 11.3 Å². The van der Waals surface area contributed by atoms with Gasteiger partial charge in [0.1, 0.15) is 0 Å². The normalized spacial score (nSPS) is 13.7. The second-order valence-electron chi connectivity index (χ2n) is 6.58. The van der Waals surface area contributed by atoms with Gasteiger partial charge in [-0.2, -0.15) is 0 Å². The zero-order valence-corrected chi connectivity index (χ0v) is 15.4. The van der Waals surface area contributed by atoms with Crippen LogP contribution in [0.2, 0.25) is 5.02 Å². The molecule has 2 N–H and O–H groups in total. The zero-order valence-electron chi connectivity index (χ0n) is 14.6. The fraction of sp³-hybridized carbons (Fsp3) is 0.227. The second kappa shape index (κ2) is 7.90. The van der Waals surface area contributed by atoms with E-state index in [0.717, 1.165) is 54.4 Å². The molecule has 0 saturated heterocycles. The molecule has 0 saturated carbocycles. The Morgan fingerprint density at radius 3 is 2.62 bits per heavy atom. The van der Waals surface area contributed by atoms with Gasteiger partial charge in [0.05, 0.1) is 16.4 Å². The number of hydrogen-bond acceptors (Lipinski definition) is 3. The molecule has 2 heterocycles. The lowest BCUT2D eigenvalue weighted by Gasteiger charge is -2.16. The summed E-state index contributed by atoms with van der Waals surface area (Å²) < 4.78 is 0. The van der Waals surface area contributed by atoms with Crippen LogP contribution < -0.4 is 10.6 Å². The number of rotatable bonds is 4. The van der Waals surface area contributed by atoms with Gasteiger partial charge in [0.15, 0.2) is 0 Å². The van der Waals surface area contributed by atoms with Crippen molar-refractivity contribution in [3.63, 3.8) is 0 Å². The number of benzene rings is 2. The minimum absolute atomic E-state index is 0.756. The number of nitrogens with one attached hydrogen (secondary N) is 2. The summed E-state index contributed by atoms with van der Waals surface area (Å²) in [6.45, 7) is 2.79. The van der Waals surface area contributed by atoms with E-state index in [0.29, 0.717) is 0 Å². The SMILES string of the molecule is Clc1ccc2c(c1NCc1ccc(-c3ccccn3)cc1)CCNCC2. The molecule has 0 unspecified atom stereocenters. The number of anilines is 1. The lowest BCUT2D eigenvalue weighted by Crippen LogP contribution is -2.16. The number of aromatic nitrogens is 1. The molecule has 4 heteroatoms. The Kier molecular flexibility index (Phi) is 5.19. The largest absolute Gasteiger partial charge is 0.380 e. The maximum absolute atomic E-state index is 6.49. The Bertz CT molecular complexity index is 876. The molecule has 0 spiro atoms. The summed E-state index contributed by atoms with van der Waals surface area (Å²) in [7, 11) is 0. The lowest BCUT2D eigenvalue weighted by atomic mass is 10.0. The fourth-order valence-electron chi connectivity index (χ4n) is 3.45. The van der Waals surface area contributed by atoms with E-state index in [2.05, 4.69) is 45.9 Å². The van der Waals surface area contributed by atoms with Crippen LogP contribution in [0.5, 0.6) is 0 Å². The van der Waals surface area contributed by atoms with Crippen LogP contribution in [0.4, 0.5) is 5.69 Å². The van der Waals surface area contributed by atoms with E-state index < -0.39 is 0 Å². The molecule has 0 radical (unpaired) electrons. The molecule has 3 nitrogen and oxygen atoms in total. The van der Waals surface area contributed by atoms with Crippen LogP contribution in [0.15, 0.2) is 60.8 Å². The van der Waals surface area contributed by atoms with Crippen molar-refractivity contribution in [2.45, 2.75) is 19.4 Å². The Balaban J connectivity index is 1.51. The van der Waals surface area contributed by atoms with E-state index in [-0.39, 0.29) is 0 Å². The molecule has 0 aliphatic carbocycles. The number of nitrogens with zero attached hydrogens (tertiary/aromatic N) is 1. The van der Waals surface area contributed by atoms with Gasteiger partial charge in [-0.15, -0.1) is 0 Å². The van der Waals surface area contributed by atoms with Crippen molar-refractivity contribution in [1.82, 2.24) is 10.3 Å². The van der Waals surface area contributed by atoms with Gasteiger partial charge in [0, 0.05) is 18.3 Å². The minimum atomic E-state index is 0.756. The average Bonchev–Trinajstić information content (AvgIpc) is 2.94. The molecular weight excluding hydrogens is 342 g/mol. The van der Waals surface area contributed by atoms with Crippen molar-refractivity contribution in [1.29, 1.82) is 0 Å². The van der Waals surface area contributed by atoms with Gasteiger partial charge in [0.25, 0.3) is 0 Å². The van der Waals surface area contributed by atoms with Crippen molar-refractivity contribution in [3.8, 4) is 11.3 Å². The van der Waals surface area contributed by atoms with E-state index in [4.69, 9.17) is 11.6 Å². The molecular formula is C22H22ClN3. The monoisotopic (exact) mass is 363 g/mol. The quantitative estimate of drug-likeness (QED) is 0.705. The molecule has 4 rings (SSSR count). The third kappa shape index (κ3) is 3.74. The Labute approximate surface area is 159 Å². The Hall–Kier alpha value is -2.36. The van der Waals surface area contributed by atoms with E-state index in [1.165, 1.54) is 16.7 Å². The number of hydrogen-bond donors (Lipinski definition) is 2. The molecule has 132 valence electrons. The Morgan fingerprint density at radius 2 is 1.81 bits per heavy atom. The third-order valence-corrected chi connectivity index (χ3v) is 5.18. The highest BCUT2D eigenvalue weighted by Crippen LogP contribution is 2.31. The van der Waals surface area contributed by atoms with Gasteiger partial charge in [0.2, 0.25) is 0 Å². The lowest BCUT2D eigenvalue weighted by molar-refractivity contribution is 0.711. The second-order valence-corrected chi connectivity index (χ2v) is 6.98. The maximum atomic E-state index is 6.49. The number of pyridine rings is 1. The maximum Gasteiger partial charge on any atom is 0.0701 e. The summed E-state index contributed by atoms with van der Waals surface area (Å²) in [6, 6.07) is 18.7. The van der Waals surface area contributed by atoms with Gasteiger partial charge in [-0.1, -0.05) is 48.0 Å². The molecule has 0 fully saturated rings. The van der Waals surface area contributed by atoms with Gasteiger partial charge < -0.3 is 10.6 Å². The van der Waals surface area contributed by atoms with Crippen molar-refractivity contribution in [3.05, 3.63) is 82.5 Å². The molecule has 0 amide bonds. The third-order valence-electron chi connectivity index (χ3n) is 4.87. The van der Waals surface area contributed by atoms with Crippen LogP contribution in [-0.4, -0.2) is 18.1 Å². The van der Waals surface area contributed by atoms with E-state index in [9.17, 15) is 0 Å². The summed E-state index contributed by atoms with van der Waals surface area (Å²) in [5.74, 6) is 0. The molecule has 2 aromatic carbocycles. The van der Waals surface area contributed by atoms with Crippen molar-refractivity contribution in [2.75, 3.05) is 18.4 Å². The van der Waals surface area contributed by atoms with Crippen molar-refractivity contribution < 1.29 is 0 Å². The topological polar surface area (TPSA) is 37.0 Å². The van der Waals surface area contributed by atoms with Crippen LogP contribution in [0.1, 0.15) is 16.7 Å². The summed E-state index contributed by atoms with van der Waals surface area (Å²) in [4.78, 5) is 4.40. The predicted octanol–water partition coefficient (Wildman–Crippen LogP) is 4.70. The summed E-state index contributed by atoms with van der Waals surface area (Å²) in [5.41, 5.74) is 7.19. The molecule has 26 heavy (non-hydrogen) atoms. The fourth-order valence-corrected chi connectivity index (χ4v) is 3.70. The first kappa shape index (κ1) is 17.1. The van der Waals surface area contributed by atoms with Crippen molar-refractivity contribution in [2.24, 2.45) is 0 Å². The average molecular weight is 364 g/mol. The molecule has 1 aromatic heterocycles. The predicted molar refractivity (Wildman–Crippen MR) is 109 cm³/mol. The van der Waals surface area contributed by atoms with Gasteiger partial charge in [-0.25, -0.2) is 0 Å². The molecule has 3 aromatic rings. The number of fused-ring (bicyclic) bond motifs is 1. The summed E-state index contributed by atoms with van der Waals surface area (Å²) >= 11 is 6.49. The molecule has 0 bridgehead atoms. The van der Waals surface area contributed by atoms with E-state index >= 15 is 0 Å². The highest BCUT2D eigenvalue weighted by Gasteiger charge is 2.14. The molecule has 1 aliphatic rings. The van der Waals surface area contributed by atoms with Gasteiger partial charge in [-0.05, 0) is 60.8 Å². The van der Waals surface area contributed by atoms with Gasteiger partial charge in [-0.3, -0.25) is 4.98 Å². The standard InChI is InChI=1S/C22H22ClN3/c23-20-9-8-17-10-13-24-14-11-19(17)22(20)26-15-16-4-6-18(7-5-16)21-3-1-2-12-25-21/h1-9,12,24,26H,10-11,13-15H2. The Morgan fingerprint density at radius 1 is 0.962 bits per heavy atom. The first-order valence-corrected chi connectivity index (χ1v) is 9.44. The van der Waals surface area contributed by atoms with Gasteiger partial charge >= 0.3 is 0 Å². The first-order valence-electron chi connectivity index (χ1n) is 9.06. The van der Waals surface area contributed by atoms with E-state index in [1.807, 2.05) is 30.5 Å². The highest BCUT2D eigenvalue weighted by molar-refractivity contribution is 6.33. The molecule has 0 atom stereocenters. The summed E-state index contributed by atoms with van der Waals surface area (Å²) in [6.07, 6.45) is 3.89. The van der Waals surface area contributed by atoms with Crippen molar-refractivity contribution >= 4 is 17.3 Å². The zero-order chi connectivity index (χ0) is 17.8. The first-order chi connectivity index (χ1) is 12.8. The smallest absolute Gasteiger partial charge is 0.0701 e. The molecule has 1 aliphatic heterocycles.